The number of methoxy groups -OCH3 is 1. The fourth-order valence-corrected chi connectivity index (χ4v) is 2.23. The number of nitrogens with zero attached hydrogens (tertiary/aromatic N) is 3. The van der Waals surface area contributed by atoms with Crippen LogP contribution in [0.2, 0.25) is 0 Å². The van der Waals surface area contributed by atoms with Gasteiger partial charge in [-0.25, -0.2) is 5.43 Å². The Morgan fingerprint density at radius 2 is 2.18 bits per heavy atom. The van der Waals surface area contributed by atoms with Crippen LogP contribution in [0, 0.1) is 13.8 Å². The number of amides is 1. The normalized spacial score (nSPS) is 10.9. The quantitative estimate of drug-likeness (QED) is 0.654. The molecule has 1 N–H and O–H groups in total. The van der Waals surface area contributed by atoms with Crippen LogP contribution in [0.15, 0.2) is 33.8 Å². The summed E-state index contributed by atoms with van der Waals surface area (Å²) < 4.78 is 7.75. The van der Waals surface area contributed by atoms with Gasteiger partial charge in [0, 0.05) is 5.56 Å². The molecule has 1 aromatic carbocycles. The van der Waals surface area contributed by atoms with Gasteiger partial charge in [0.1, 0.15) is 12.3 Å². The molecule has 0 radical (unpaired) electrons. The van der Waals surface area contributed by atoms with Crippen LogP contribution in [0.3, 0.4) is 0 Å². The topological polar surface area (TPSA) is 68.5 Å². The second kappa shape index (κ2) is 7.22. The van der Waals surface area contributed by atoms with E-state index in [4.69, 9.17) is 4.74 Å². The highest BCUT2D eigenvalue weighted by Crippen LogP contribution is 2.19. The molecular weight excluding hydrogens is 348 g/mol. The SMILES string of the molecule is COc1ccccc1C=NNC(=O)Cn1nc(C)c(Br)c1C. The number of nitrogens with one attached hydrogen (secondary N) is 1. The molecule has 0 aliphatic rings. The standard InChI is InChI=1S/C15H17BrN4O2/c1-10-15(16)11(2)20(19-10)9-14(21)18-17-8-12-6-4-5-7-13(12)22-3/h4-8H,9H2,1-3H3,(H,18,21). The number of hydrogen-bond acceptors (Lipinski definition) is 4. The number of aryl methyl sites for hydroxylation is 1. The zero-order chi connectivity index (χ0) is 16.1. The minimum Gasteiger partial charge on any atom is -0.496 e. The molecule has 22 heavy (non-hydrogen) atoms. The van der Waals surface area contributed by atoms with Crippen LogP contribution in [0.5, 0.6) is 5.75 Å². The lowest BCUT2D eigenvalue weighted by Gasteiger charge is -2.04. The van der Waals surface area contributed by atoms with Crippen molar-refractivity contribution in [1.29, 1.82) is 0 Å². The van der Waals surface area contributed by atoms with Gasteiger partial charge in [-0.1, -0.05) is 12.1 Å². The highest BCUT2D eigenvalue weighted by atomic mass is 79.9. The van der Waals surface area contributed by atoms with Gasteiger partial charge in [0.15, 0.2) is 0 Å². The van der Waals surface area contributed by atoms with Crippen LogP contribution in [0.25, 0.3) is 0 Å². The van der Waals surface area contributed by atoms with Crippen molar-refractivity contribution in [2.75, 3.05) is 7.11 Å². The van der Waals surface area contributed by atoms with Crippen LogP contribution in [-0.4, -0.2) is 29.0 Å². The van der Waals surface area contributed by atoms with Gasteiger partial charge in [-0.05, 0) is 41.9 Å². The van der Waals surface area contributed by atoms with E-state index < -0.39 is 0 Å². The number of hydrazone groups is 1. The average molecular weight is 365 g/mol. The monoisotopic (exact) mass is 364 g/mol. The van der Waals surface area contributed by atoms with Crippen molar-refractivity contribution in [3.05, 3.63) is 45.7 Å². The summed E-state index contributed by atoms with van der Waals surface area (Å²) in [6, 6.07) is 7.43. The molecule has 116 valence electrons. The Balaban J connectivity index is 1.98. The smallest absolute Gasteiger partial charge is 0.261 e. The first-order valence-electron chi connectivity index (χ1n) is 6.67. The fraction of sp³-hybridized carbons (Fsp3) is 0.267. The van der Waals surface area contributed by atoms with E-state index in [-0.39, 0.29) is 12.5 Å². The van der Waals surface area contributed by atoms with Crippen LogP contribution in [-0.2, 0) is 11.3 Å². The van der Waals surface area contributed by atoms with Gasteiger partial charge in [-0.15, -0.1) is 0 Å². The summed E-state index contributed by atoms with van der Waals surface area (Å²) in [5.41, 5.74) is 5.03. The van der Waals surface area contributed by atoms with Crippen molar-refractivity contribution in [3.63, 3.8) is 0 Å². The van der Waals surface area contributed by atoms with Gasteiger partial charge < -0.3 is 4.74 Å². The molecule has 0 unspecified atom stereocenters. The second-order valence-corrected chi connectivity index (χ2v) is 5.47. The van der Waals surface area contributed by atoms with E-state index in [1.54, 1.807) is 18.0 Å². The summed E-state index contributed by atoms with van der Waals surface area (Å²) in [6.45, 7) is 3.89. The van der Waals surface area contributed by atoms with E-state index in [9.17, 15) is 4.79 Å². The maximum absolute atomic E-state index is 11.9. The largest absolute Gasteiger partial charge is 0.496 e. The molecule has 1 aromatic heterocycles. The van der Waals surface area contributed by atoms with Gasteiger partial charge in [0.2, 0.25) is 0 Å². The number of rotatable bonds is 5. The first kappa shape index (κ1) is 16.2. The van der Waals surface area contributed by atoms with Gasteiger partial charge >= 0.3 is 0 Å². The third-order valence-electron chi connectivity index (χ3n) is 3.12. The van der Waals surface area contributed by atoms with Crippen LogP contribution in [0.4, 0.5) is 0 Å². The Kier molecular flexibility index (Phi) is 5.32. The van der Waals surface area contributed by atoms with Gasteiger partial charge in [0.25, 0.3) is 5.91 Å². The summed E-state index contributed by atoms with van der Waals surface area (Å²) in [5.74, 6) is 0.451. The van der Waals surface area contributed by atoms with Crippen LogP contribution in [0.1, 0.15) is 17.0 Å². The lowest BCUT2D eigenvalue weighted by molar-refractivity contribution is -0.121. The maximum atomic E-state index is 11.9. The minimum absolute atomic E-state index is 0.113. The first-order valence-corrected chi connectivity index (χ1v) is 7.46. The number of hydrogen-bond donors (Lipinski definition) is 1. The van der Waals surface area contributed by atoms with Gasteiger partial charge in [-0.3, -0.25) is 9.48 Å². The number of aromatic nitrogens is 2. The lowest BCUT2D eigenvalue weighted by Crippen LogP contribution is -2.24. The number of para-hydroxylation sites is 1. The number of halogens is 1. The molecule has 1 amide bonds. The Hall–Kier alpha value is -2.15. The Labute approximate surface area is 137 Å². The van der Waals surface area contributed by atoms with Gasteiger partial charge in [-0.2, -0.15) is 10.2 Å². The van der Waals surface area contributed by atoms with E-state index in [0.29, 0.717) is 5.75 Å². The molecule has 0 atom stereocenters. The van der Waals surface area contributed by atoms with E-state index in [2.05, 4.69) is 31.6 Å². The molecule has 2 aromatic rings. The predicted octanol–water partition coefficient (Wildman–Crippen LogP) is 2.42. The summed E-state index contributed by atoms with van der Waals surface area (Å²) in [5, 5.41) is 8.23. The first-order chi connectivity index (χ1) is 10.5. The van der Waals surface area contributed by atoms with Crippen molar-refractivity contribution in [3.8, 4) is 5.75 Å². The maximum Gasteiger partial charge on any atom is 0.261 e. The van der Waals surface area contributed by atoms with Crippen molar-refractivity contribution >= 4 is 28.1 Å². The average Bonchev–Trinajstić information content (AvgIpc) is 2.75. The molecule has 0 aliphatic heterocycles. The number of carbonyl (C=O) groups is 1. The summed E-state index contributed by atoms with van der Waals surface area (Å²) in [7, 11) is 1.59. The number of benzene rings is 1. The zero-order valence-electron chi connectivity index (χ0n) is 12.6. The molecule has 0 saturated carbocycles. The molecular formula is C15H17BrN4O2. The van der Waals surface area contributed by atoms with Crippen molar-refractivity contribution in [2.24, 2.45) is 5.10 Å². The fourth-order valence-electron chi connectivity index (χ4n) is 1.95. The highest BCUT2D eigenvalue weighted by molar-refractivity contribution is 9.10. The zero-order valence-corrected chi connectivity index (χ0v) is 14.2. The van der Waals surface area contributed by atoms with E-state index in [0.717, 1.165) is 21.4 Å². The summed E-state index contributed by atoms with van der Waals surface area (Å²) in [6.07, 6.45) is 1.55. The Bertz CT molecular complexity index is 710. The molecule has 0 spiro atoms. The molecule has 6 nitrogen and oxygen atoms in total. The molecule has 7 heteroatoms. The summed E-state index contributed by atoms with van der Waals surface area (Å²) >= 11 is 3.43. The minimum atomic E-state index is -0.246. The molecule has 1 heterocycles. The second-order valence-electron chi connectivity index (χ2n) is 4.68. The van der Waals surface area contributed by atoms with E-state index >= 15 is 0 Å². The molecule has 0 bridgehead atoms. The van der Waals surface area contributed by atoms with Crippen molar-refractivity contribution in [1.82, 2.24) is 15.2 Å². The van der Waals surface area contributed by atoms with Crippen LogP contribution >= 0.6 is 15.9 Å². The summed E-state index contributed by atoms with van der Waals surface area (Å²) in [4.78, 5) is 11.9. The Morgan fingerprint density at radius 1 is 1.45 bits per heavy atom. The van der Waals surface area contributed by atoms with Crippen molar-refractivity contribution in [2.45, 2.75) is 20.4 Å². The number of carbonyl (C=O) groups excluding carboxylic acids is 1. The van der Waals surface area contributed by atoms with Crippen LogP contribution < -0.4 is 10.2 Å². The third-order valence-corrected chi connectivity index (χ3v) is 4.27. The molecule has 2 rings (SSSR count). The van der Waals surface area contributed by atoms with E-state index in [1.807, 2.05) is 38.1 Å². The molecule has 0 saturated heterocycles. The van der Waals surface area contributed by atoms with Gasteiger partial charge in [0.05, 0.1) is 29.2 Å². The Morgan fingerprint density at radius 3 is 2.82 bits per heavy atom. The molecule has 0 aliphatic carbocycles. The lowest BCUT2D eigenvalue weighted by atomic mass is 10.2. The van der Waals surface area contributed by atoms with E-state index in [1.165, 1.54) is 0 Å². The predicted molar refractivity (Wildman–Crippen MR) is 88.1 cm³/mol. The molecule has 0 fully saturated rings. The highest BCUT2D eigenvalue weighted by Gasteiger charge is 2.11. The third kappa shape index (κ3) is 3.73. The number of ether oxygens (including phenoxy) is 1. The van der Waals surface area contributed by atoms with Crippen molar-refractivity contribution < 1.29 is 9.53 Å².